The highest BCUT2D eigenvalue weighted by molar-refractivity contribution is 6.32. The Morgan fingerprint density at radius 1 is 1.56 bits per heavy atom. The van der Waals surface area contributed by atoms with Crippen molar-refractivity contribution in [3.63, 3.8) is 0 Å². The second-order valence-corrected chi connectivity index (χ2v) is 3.41. The van der Waals surface area contributed by atoms with Gasteiger partial charge in [0.15, 0.2) is 5.82 Å². The molecule has 16 heavy (non-hydrogen) atoms. The predicted octanol–water partition coefficient (Wildman–Crippen LogP) is 1.21. The molecule has 90 valence electrons. The van der Waals surface area contributed by atoms with Gasteiger partial charge in [0.1, 0.15) is 11.6 Å². The predicted molar refractivity (Wildman–Crippen MR) is 57.1 cm³/mol. The summed E-state index contributed by atoms with van der Waals surface area (Å²) in [5, 5.41) is 13.5. The molecule has 0 aromatic carbocycles. The number of halogens is 3. The van der Waals surface area contributed by atoms with Crippen LogP contribution in [0, 0.1) is 0 Å². The first-order valence-corrected chi connectivity index (χ1v) is 4.79. The number of nitrogens with one attached hydrogen (secondary N) is 2. The van der Waals surface area contributed by atoms with Gasteiger partial charge in [-0.1, -0.05) is 11.6 Å². The lowest BCUT2D eigenvalue weighted by Crippen LogP contribution is -2.31. The zero-order chi connectivity index (χ0) is 12.2. The van der Waals surface area contributed by atoms with Crippen molar-refractivity contribution in [2.75, 3.05) is 30.8 Å². The molecule has 5 nitrogen and oxygen atoms in total. The molecule has 1 aromatic rings. The normalized spacial score (nSPS) is 11.3. The maximum absolute atomic E-state index is 12.7. The minimum Gasteiger partial charge on any atom is -0.390 e. The van der Waals surface area contributed by atoms with Gasteiger partial charge in [-0.15, -0.1) is 0 Å². The molecule has 0 fully saturated rings. The van der Waals surface area contributed by atoms with Crippen molar-refractivity contribution in [3.05, 3.63) is 11.2 Å². The van der Waals surface area contributed by atoms with E-state index in [0.29, 0.717) is 0 Å². The molecule has 8 heteroatoms. The van der Waals surface area contributed by atoms with Gasteiger partial charge in [0.2, 0.25) is 5.95 Å². The second-order valence-electron chi connectivity index (χ2n) is 3.01. The van der Waals surface area contributed by atoms with Crippen molar-refractivity contribution in [1.29, 1.82) is 0 Å². The van der Waals surface area contributed by atoms with Gasteiger partial charge in [0.25, 0.3) is 5.92 Å². The minimum atomic E-state index is -3.21. The highest BCUT2D eigenvalue weighted by Gasteiger charge is 2.27. The van der Waals surface area contributed by atoms with Crippen molar-refractivity contribution in [2.45, 2.75) is 5.92 Å². The van der Waals surface area contributed by atoms with E-state index in [4.69, 9.17) is 16.7 Å². The average Bonchev–Trinajstić information content (AvgIpc) is 2.28. The lowest BCUT2D eigenvalue weighted by Gasteiger charge is -2.15. The molecule has 0 aliphatic carbocycles. The molecule has 0 spiro atoms. The minimum absolute atomic E-state index is 0.0918. The lowest BCUT2D eigenvalue weighted by atomic mass is 10.3. The number of aliphatic hydroxyl groups excluding tert-OH is 1. The first-order chi connectivity index (χ1) is 7.48. The van der Waals surface area contributed by atoms with Crippen molar-refractivity contribution in [1.82, 2.24) is 9.97 Å². The summed E-state index contributed by atoms with van der Waals surface area (Å²) >= 11 is 5.70. The molecule has 0 saturated heterocycles. The Balaban J connectivity index is 2.73. The summed E-state index contributed by atoms with van der Waals surface area (Å²) in [6, 6.07) is 0. The monoisotopic (exact) mass is 252 g/mol. The van der Waals surface area contributed by atoms with Crippen molar-refractivity contribution in [2.24, 2.45) is 0 Å². The molecule has 0 radical (unpaired) electrons. The maximum Gasteiger partial charge on any atom is 0.287 e. The van der Waals surface area contributed by atoms with E-state index in [2.05, 4.69) is 20.6 Å². The Labute approximate surface area is 95.9 Å². The Kier molecular flexibility index (Phi) is 4.19. The summed E-state index contributed by atoms with van der Waals surface area (Å²) in [7, 11) is 1.59. The molecule has 1 rings (SSSR count). The standard InChI is InChI=1S/C8H11ClF2N4O/c1-12-7-13-2-5(9)6(15-7)14-3-8(10,11)4-16/h2,16H,3-4H2,1H3,(H2,12,13,14,15). The zero-order valence-corrected chi connectivity index (χ0v) is 9.22. The quantitative estimate of drug-likeness (QED) is 0.735. The van der Waals surface area contributed by atoms with Crippen molar-refractivity contribution >= 4 is 23.4 Å². The lowest BCUT2D eigenvalue weighted by molar-refractivity contribution is -0.0373. The van der Waals surface area contributed by atoms with E-state index in [1.807, 2.05) is 0 Å². The van der Waals surface area contributed by atoms with Crippen LogP contribution in [0.3, 0.4) is 0 Å². The first kappa shape index (κ1) is 12.9. The van der Waals surface area contributed by atoms with E-state index in [1.165, 1.54) is 6.20 Å². The van der Waals surface area contributed by atoms with Crippen LogP contribution in [0.25, 0.3) is 0 Å². The highest BCUT2D eigenvalue weighted by atomic mass is 35.5. The zero-order valence-electron chi connectivity index (χ0n) is 8.47. The molecule has 0 aliphatic heterocycles. The highest BCUT2D eigenvalue weighted by Crippen LogP contribution is 2.21. The SMILES string of the molecule is CNc1ncc(Cl)c(NCC(F)(F)CO)n1. The summed E-state index contributed by atoms with van der Waals surface area (Å²) in [4.78, 5) is 7.64. The van der Waals surface area contributed by atoms with Crippen LogP contribution in [0.5, 0.6) is 0 Å². The number of rotatable bonds is 5. The molecule has 0 aliphatic rings. The number of nitrogens with zero attached hydrogens (tertiary/aromatic N) is 2. The Morgan fingerprint density at radius 2 is 2.25 bits per heavy atom. The van der Waals surface area contributed by atoms with Crippen LogP contribution in [0.1, 0.15) is 0 Å². The summed E-state index contributed by atoms with van der Waals surface area (Å²) in [6.07, 6.45) is 1.29. The number of aromatic nitrogens is 2. The number of aliphatic hydroxyl groups is 1. The van der Waals surface area contributed by atoms with E-state index in [1.54, 1.807) is 7.05 Å². The van der Waals surface area contributed by atoms with E-state index in [0.717, 1.165) is 0 Å². The summed E-state index contributed by atoms with van der Waals surface area (Å²) in [5.41, 5.74) is 0. The van der Waals surface area contributed by atoms with Gasteiger partial charge in [-0.3, -0.25) is 0 Å². The van der Waals surface area contributed by atoms with Crippen LogP contribution in [-0.4, -0.2) is 41.2 Å². The molecule has 0 amide bonds. The largest absolute Gasteiger partial charge is 0.390 e. The number of hydrogen-bond donors (Lipinski definition) is 3. The summed E-state index contributed by atoms with van der Waals surface area (Å²) in [5.74, 6) is -2.86. The van der Waals surface area contributed by atoms with Crippen LogP contribution < -0.4 is 10.6 Å². The van der Waals surface area contributed by atoms with E-state index < -0.39 is 19.1 Å². The van der Waals surface area contributed by atoms with Gasteiger partial charge >= 0.3 is 0 Å². The maximum atomic E-state index is 12.7. The average molecular weight is 253 g/mol. The molecule has 0 bridgehead atoms. The van der Waals surface area contributed by atoms with Crippen LogP contribution in [0.2, 0.25) is 5.02 Å². The van der Waals surface area contributed by atoms with Gasteiger partial charge in [0.05, 0.1) is 12.7 Å². The summed E-state index contributed by atoms with van der Waals surface area (Å²) < 4.78 is 25.5. The van der Waals surface area contributed by atoms with Gasteiger partial charge in [-0.05, 0) is 0 Å². The van der Waals surface area contributed by atoms with Crippen molar-refractivity contribution < 1.29 is 13.9 Å². The fourth-order valence-electron chi connectivity index (χ4n) is 0.880. The molecule has 0 unspecified atom stereocenters. The number of hydrogen-bond acceptors (Lipinski definition) is 5. The fraction of sp³-hybridized carbons (Fsp3) is 0.500. The Hall–Kier alpha value is -1.21. The van der Waals surface area contributed by atoms with Gasteiger partial charge in [-0.2, -0.15) is 4.98 Å². The molecular weight excluding hydrogens is 242 g/mol. The number of alkyl halides is 2. The van der Waals surface area contributed by atoms with Gasteiger partial charge in [0, 0.05) is 7.05 Å². The third kappa shape index (κ3) is 3.42. The van der Waals surface area contributed by atoms with Crippen molar-refractivity contribution in [3.8, 4) is 0 Å². The van der Waals surface area contributed by atoms with Crippen LogP contribution in [-0.2, 0) is 0 Å². The van der Waals surface area contributed by atoms with Crippen LogP contribution >= 0.6 is 11.6 Å². The topological polar surface area (TPSA) is 70.1 Å². The fourth-order valence-corrected chi connectivity index (χ4v) is 1.04. The van der Waals surface area contributed by atoms with E-state index in [-0.39, 0.29) is 16.8 Å². The van der Waals surface area contributed by atoms with Gasteiger partial charge in [-0.25, -0.2) is 13.8 Å². The third-order valence-corrected chi connectivity index (χ3v) is 1.99. The smallest absolute Gasteiger partial charge is 0.287 e. The Morgan fingerprint density at radius 3 is 2.81 bits per heavy atom. The van der Waals surface area contributed by atoms with E-state index >= 15 is 0 Å². The molecule has 0 saturated carbocycles. The Bertz CT molecular complexity index is 364. The third-order valence-electron chi connectivity index (χ3n) is 1.71. The van der Waals surface area contributed by atoms with Gasteiger partial charge < -0.3 is 15.7 Å². The summed E-state index contributed by atoms with van der Waals surface area (Å²) in [6.45, 7) is -1.98. The molecule has 3 N–H and O–H groups in total. The number of anilines is 2. The van der Waals surface area contributed by atoms with E-state index in [9.17, 15) is 8.78 Å². The molecule has 1 heterocycles. The molecule has 1 aromatic heterocycles. The molecule has 0 atom stereocenters. The molecular formula is C8H11ClF2N4O. The van der Waals surface area contributed by atoms with Crippen LogP contribution in [0.4, 0.5) is 20.5 Å². The van der Waals surface area contributed by atoms with Crippen LogP contribution in [0.15, 0.2) is 6.20 Å². The second kappa shape index (κ2) is 5.22. The first-order valence-electron chi connectivity index (χ1n) is 4.41.